The first-order valence-electron chi connectivity index (χ1n) is 6.69. The van der Waals surface area contributed by atoms with Gasteiger partial charge in [0.05, 0.1) is 6.07 Å². The minimum absolute atomic E-state index is 0.287. The lowest BCUT2D eigenvalue weighted by Crippen LogP contribution is -2.34. The van der Waals surface area contributed by atoms with Crippen molar-refractivity contribution in [1.82, 2.24) is 5.32 Å². The maximum absolute atomic E-state index is 13.0. The number of carbonyl (C=O) groups is 1. The molecule has 1 unspecified atom stereocenters. The van der Waals surface area contributed by atoms with Gasteiger partial charge in [-0.3, -0.25) is 0 Å². The molecule has 2 N–H and O–H groups in total. The van der Waals surface area contributed by atoms with Gasteiger partial charge < -0.3 is 15.4 Å². The van der Waals surface area contributed by atoms with Crippen LogP contribution < -0.4 is 10.6 Å². The highest BCUT2D eigenvalue weighted by atomic mass is 19.1. The van der Waals surface area contributed by atoms with Crippen molar-refractivity contribution < 1.29 is 13.9 Å². The van der Waals surface area contributed by atoms with Crippen molar-refractivity contribution in [3.05, 3.63) is 30.1 Å². The van der Waals surface area contributed by atoms with Gasteiger partial charge in [-0.15, -0.1) is 0 Å². The molecule has 1 rings (SSSR count). The van der Waals surface area contributed by atoms with Gasteiger partial charge in [-0.1, -0.05) is 6.07 Å². The molecule has 5 nitrogen and oxygen atoms in total. The molecule has 0 saturated heterocycles. The van der Waals surface area contributed by atoms with Crippen LogP contribution in [0.3, 0.4) is 0 Å². The normalized spacial score (nSPS) is 12.1. The molecule has 0 bridgehead atoms. The Bertz CT molecular complexity index is 520. The van der Waals surface area contributed by atoms with Crippen molar-refractivity contribution in [2.75, 3.05) is 11.9 Å². The predicted molar refractivity (Wildman–Crippen MR) is 78.3 cm³/mol. The standard InChI is InChI=1S/C15H20FN3O2/c1-15(2,3)21-14(20)18-8-7-13(10-17)19-12-6-4-5-11(16)9-12/h4-6,9,13,19H,7-8H2,1-3H3,(H,18,20). The first kappa shape index (κ1) is 16.8. The second-order valence-electron chi connectivity index (χ2n) is 5.55. The number of amides is 1. The monoisotopic (exact) mass is 293 g/mol. The number of anilines is 1. The Morgan fingerprint density at radius 3 is 2.76 bits per heavy atom. The number of carbonyl (C=O) groups excluding carboxylic acids is 1. The van der Waals surface area contributed by atoms with Crippen molar-refractivity contribution in [2.24, 2.45) is 0 Å². The van der Waals surface area contributed by atoms with Gasteiger partial charge in [-0.05, 0) is 45.4 Å². The van der Waals surface area contributed by atoms with Crippen LogP contribution in [0.15, 0.2) is 24.3 Å². The third kappa shape index (κ3) is 7.16. The molecule has 1 aromatic carbocycles. The van der Waals surface area contributed by atoms with Gasteiger partial charge in [-0.2, -0.15) is 5.26 Å². The first-order chi connectivity index (χ1) is 9.80. The van der Waals surface area contributed by atoms with Crippen molar-refractivity contribution in [1.29, 1.82) is 5.26 Å². The fraction of sp³-hybridized carbons (Fsp3) is 0.467. The number of alkyl carbamates (subject to hydrolysis) is 1. The third-order valence-corrected chi connectivity index (χ3v) is 2.42. The minimum Gasteiger partial charge on any atom is -0.444 e. The summed E-state index contributed by atoms with van der Waals surface area (Å²) in [5.74, 6) is -0.372. The zero-order valence-electron chi connectivity index (χ0n) is 12.4. The highest BCUT2D eigenvalue weighted by Gasteiger charge is 2.16. The van der Waals surface area contributed by atoms with Crippen molar-refractivity contribution in [2.45, 2.75) is 38.8 Å². The minimum atomic E-state index is -0.557. The fourth-order valence-corrected chi connectivity index (χ4v) is 1.58. The van der Waals surface area contributed by atoms with Crippen LogP contribution in [0.4, 0.5) is 14.9 Å². The molecule has 0 saturated carbocycles. The molecule has 0 fully saturated rings. The van der Waals surface area contributed by atoms with Crippen LogP contribution in [0.5, 0.6) is 0 Å². The SMILES string of the molecule is CC(C)(C)OC(=O)NCCC(C#N)Nc1cccc(F)c1. The molecule has 0 aliphatic rings. The summed E-state index contributed by atoms with van der Waals surface area (Å²) in [6.07, 6.45) is -0.142. The molecule has 1 amide bonds. The lowest BCUT2D eigenvalue weighted by Gasteiger charge is -2.20. The van der Waals surface area contributed by atoms with E-state index in [4.69, 9.17) is 10.00 Å². The van der Waals surface area contributed by atoms with Gasteiger partial charge >= 0.3 is 6.09 Å². The molecule has 0 radical (unpaired) electrons. The Morgan fingerprint density at radius 1 is 1.48 bits per heavy atom. The van der Waals surface area contributed by atoms with E-state index in [0.717, 1.165) is 0 Å². The van der Waals surface area contributed by atoms with Crippen LogP contribution in [0.1, 0.15) is 27.2 Å². The zero-order chi connectivity index (χ0) is 15.9. The van der Waals surface area contributed by atoms with Gasteiger partial charge in [0.25, 0.3) is 0 Å². The maximum Gasteiger partial charge on any atom is 0.407 e. The molecule has 1 atom stereocenters. The number of benzene rings is 1. The van der Waals surface area contributed by atoms with Gasteiger partial charge in [-0.25, -0.2) is 9.18 Å². The molecule has 0 aliphatic carbocycles. The molecule has 6 heteroatoms. The van der Waals surface area contributed by atoms with E-state index in [0.29, 0.717) is 12.1 Å². The summed E-state index contributed by atoms with van der Waals surface area (Å²) in [7, 11) is 0. The van der Waals surface area contributed by atoms with Crippen molar-refractivity contribution in [3.8, 4) is 6.07 Å². The Balaban J connectivity index is 2.39. The van der Waals surface area contributed by atoms with Gasteiger partial charge in [0.2, 0.25) is 0 Å². The van der Waals surface area contributed by atoms with Crippen LogP contribution in [0, 0.1) is 17.1 Å². The number of nitriles is 1. The van der Waals surface area contributed by atoms with Crippen LogP contribution in [-0.4, -0.2) is 24.3 Å². The summed E-state index contributed by atoms with van der Waals surface area (Å²) in [5.41, 5.74) is -0.0303. The van der Waals surface area contributed by atoms with E-state index < -0.39 is 17.7 Å². The zero-order valence-corrected chi connectivity index (χ0v) is 12.4. The number of hydrogen-bond acceptors (Lipinski definition) is 4. The Hall–Kier alpha value is -2.29. The quantitative estimate of drug-likeness (QED) is 0.875. The molecule has 0 heterocycles. The molecule has 21 heavy (non-hydrogen) atoms. The van der Waals surface area contributed by atoms with Crippen molar-refractivity contribution >= 4 is 11.8 Å². The molecular formula is C15H20FN3O2. The maximum atomic E-state index is 13.0. The topological polar surface area (TPSA) is 74.1 Å². The summed E-state index contributed by atoms with van der Waals surface area (Å²) in [5, 5.41) is 14.5. The predicted octanol–water partition coefficient (Wildman–Crippen LogP) is 3.04. The van der Waals surface area contributed by atoms with E-state index in [2.05, 4.69) is 16.7 Å². The van der Waals surface area contributed by atoms with Gasteiger partial charge in [0.15, 0.2) is 0 Å². The summed E-state index contributed by atoms with van der Waals surface area (Å²) in [6, 6.07) is 7.42. The largest absolute Gasteiger partial charge is 0.444 e. The third-order valence-electron chi connectivity index (χ3n) is 2.42. The lowest BCUT2D eigenvalue weighted by atomic mass is 10.2. The number of nitrogens with one attached hydrogen (secondary N) is 2. The highest BCUT2D eigenvalue weighted by molar-refractivity contribution is 5.67. The molecule has 1 aromatic rings. The molecule has 0 aliphatic heterocycles. The number of halogens is 1. The van der Waals surface area contributed by atoms with Crippen molar-refractivity contribution in [3.63, 3.8) is 0 Å². The number of rotatable bonds is 5. The highest BCUT2D eigenvalue weighted by Crippen LogP contribution is 2.11. The summed E-state index contributed by atoms with van der Waals surface area (Å²) >= 11 is 0. The lowest BCUT2D eigenvalue weighted by molar-refractivity contribution is 0.0527. The van der Waals surface area contributed by atoms with Crippen LogP contribution >= 0.6 is 0 Å². The van der Waals surface area contributed by atoms with E-state index in [1.807, 2.05) is 0 Å². The molecular weight excluding hydrogens is 273 g/mol. The summed E-state index contributed by atoms with van der Waals surface area (Å²) < 4.78 is 18.1. The van der Waals surface area contributed by atoms with Crippen LogP contribution in [0.25, 0.3) is 0 Å². The van der Waals surface area contributed by atoms with E-state index >= 15 is 0 Å². The Kier molecular flexibility index (Phi) is 5.97. The molecule has 0 spiro atoms. The summed E-state index contributed by atoms with van der Waals surface area (Å²) in [6.45, 7) is 5.61. The average Bonchev–Trinajstić information content (AvgIpc) is 2.35. The second kappa shape index (κ2) is 7.48. The van der Waals surface area contributed by atoms with E-state index in [1.165, 1.54) is 12.1 Å². The number of ether oxygens (including phenoxy) is 1. The van der Waals surface area contributed by atoms with Crippen LogP contribution in [0.2, 0.25) is 0 Å². The number of nitrogens with zero attached hydrogens (tertiary/aromatic N) is 1. The first-order valence-corrected chi connectivity index (χ1v) is 6.69. The van der Waals surface area contributed by atoms with E-state index in [9.17, 15) is 9.18 Å². The second-order valence-corrected chi connectivity index (χ2v) is 5.55. The molecule has 114 valence electrons. The Labute approximate surface area is 124 Å². The molecule has 0 aromatic heterocycles. The van der Waals surface area contributed by atoms with E-state index in [-0.39, 0.29) is 12.4 Å². The smallest absolute Gasteiger partial charge is 0.407 e. The van der Waals surface area contributed by atoms with Gasteiger partial charge in [0, 0.05) is 12.2 Å². The summed E-state index contributed by atoms with van der Waals surface area (Å²) in [4.78, 5) is 11.4. The average molecular weight is 293 g/mol. The van der Waals surface area contributed by atoms with Crippen LogP contribution in [-0.2, 0) is 4.74 Å². The van der Waals surface area contributed by atoms with E-state index in [1.54, 1.807) is 32.9 Å². The Morgan fingerprint density at radius 2 is 2.19 bits per heavy atom. The fourth-order valence-electron chi connectivity index (χ4n) is 1.58. The number of hydrogen-bond donors (Lipinski definition) is 2. The van der Waals surface area contributed by atoms with Gasteiger partial charge in [0.1, 0.15) is 17.5 Å².